The molecule has 0 aliphatic carbocycles. The molecule has 9 heteroatoms. The Morgan fingerprint density at radius 2 is 1.75 bits per heavy atom. The molecule has 0 amide bonds. The topological polar surface area (TPSA) is 81.2 Å². The van der Waals surface area contributed by atoms with E-state index in [9.17, 15) is 4.79 Å². The molecule has 0 unspecified atom stereocenters. The van der Waals surface area contributed by atoms with E-state index in [1.54, 1.807) is 21.3 Å². The first-order chi connectivity index (χ1) is 13.6. The molecule has 4 heterocycles. The minimum Gasteiger partial charge on any atom is -0.351 e. The van der Waals surface area contributed by atoms with Crippen LogP contribution in [-0.4, -0.2) is 42.7 Å². The molecule has 0 N–H and O–H groups in total. The van der Waals surface area contributed by atoms with Gasteiger partial charge in [-0.05, 0) is 37.3 Å². The van der Waals surface area contributed by atoms with Gasteiger partial charge in [0.05, 0.1) is 11.7 Å². The number of rotatable bonds is 3. The highest BCUT2D eigenvalue weighted by atomic mass is 35.5. The van der Waals surface area contributed by atoms with Crippen LogP contribution in [0, 0.1) is 6.92 Å². The van der Waals surface area contributed by atoms with Gasteiger partial charge in [0.2, 0.25) is 0 Å². The molecule has 3 aromatic heterocycles. The summed E-state index contributed by atoms with van der Waals surface area (Å²) < 4.78 is 3.28. The van der Waals surface area contributed by atoms with Crippen molar-refractivity contribution in [3.8, 4) is 11.3 Å². The highest BCUT2D eigenvalue weighted by molar-refractivity contribution is 6.30. The number of benzene rings is 1. The monoisotopic (exact) mass is 393 g/mol. The number of fused-ring (bicyclic) bond motifs is 1. The van der Waals surface area contributed by atoms with Crippen LogP contribution >= 0.6 is 11.6 Å². The summed E-state index contributed by atoms with van der Waals surface area (Å²) in [6.45, 7) is 3.19. The Balaban J connectivity index is 1.39. The summed E-state index contributed by atoms with van der Waals surface area (Å²) in [5, 5.41) is 17.9. The second-order valence-electron chi connectivity index (χ2n) is 6.78. The molecule has 1 aliphatic rings. The third-order valence-corrected chi connectivity index (χ3v) is 5.15. The van der Waals surface area contributed by atoms with Gasteiger partial charge in [-0.1, -0.05) is 23.7 Å². The summed E-state index contributed by atoms with van der Waals surface area (Å²) in [5.41, 5.74) is 2.27. The van der Waals surface area contributed by atoms with Crippen LogP contribution in [0.1, 0.15) is 11.9 Å². The fourth-order valence-corrected chi connectivity index (χ4v) is 3.44. The van der Waals surface area contributed by atoms with E-state index in [1.165, 1.54) is 0 Å². The number of anilines is 1. The number of hydrogen-bond acceptors (Lipinski definition) is 6. The van der Waals surface area contributed by atoms with Crippen molar-refractivity contribution >= 4 is 23.1 Å². The lowest BCUT2D eigenvalue weighted by Crippen LogP contribution is -2.51. The molecule has 0 radical (unpaired) electrons. The molecule has 4 aromatic rings. The van der Waals surface area contributed by atoms with E-state index in [-0.39, 0.29) is 11.6 Å². The fraction of sp³-hybridized carbons (Fsp3) is 0.211. The van der Waals surface area contributed by atoms with Gasteiger partial charge in [0.25, 0.3) is 5.56 Å². The van der Waals surface area contributed by atoms with E-state index >= 15 is 0 Å². The minimum absolute atomic E-state index is 0.000689. The van der Waals surface area contributed by atoms with E-state index < -0.39 is 0 Å². The van der Waals surface area contributed by atoms with Crippen LogP contribution in [0.4, 0.5) is 5.82 Å². The lowest BCUT2D eigenvalue weighted by Gasteiger charge is -2.40. The maximum atomic E-state index is 12.3. The lowest BCUT2D eigenvalue weighted by atomic mass is 10.1. The number of aryl methyl sites for hydroxylation is 1. The largest absolute Gasteiger partial charge is 0.351 e. The zero-order chi connectivity index (χ0) is 19.3. The first kappa shape index (κ1) is 16.9. The predicted octanol–water partition coefficient (Wildman–Crippen LogP) is 2.37. The van der Waals surface area contributed by atoms with Gasteiger partial charge in [-0.3, -0.25) is 4.79 Å². The van der Waals surface area contributed by atoms with Crippen LogP contribution < -0.4 is 10.5 Å². The Labute approximate surface area is 165 Å². The minimum atomic E-state index is -0.111. The fourth-order valence-electron chi connectivity index (χ4n) is 3.31. The highest BCUT2D eigenvalue weighted by Gasteiger charge is 2.31. The van der Waals surface area contributed by atoms with E-state index in [4.69, 9.17) is 11.6 Å². The molecule has 0 atom stereocenters. The average molecular weight is 394 g/mol. The van der Waals surface area contributed by atoms with Crippen LogP contribution in [0.25, 0.3) is 16.9 Å². The molecule has 140 valence electrons. The molecule has 28 heavy (non-hydrogen) atoms. The molecule has 1 fully saturated rings. The van der Waals surface area contributed by atoms with Crippen LogP contribution in [0.3, 0.4) is 0 Å². The third kappa shape index (κ3) is 2.82. The molecule has 8 nitrogen and oxygen atoms in total. The van der Waals surface area contributed by atoms with Gasteiger partial charge in [0.15, 0.2) is 11.5 Å². The zero-order valence-corrected chi connectivity index (χ0v) is 15.8. The van der Waals surface area contributed by atoms with Gasteiger partial charge in [-0.2, -0.15) is 9.61 Å². The van der Waals surface area contributed by atoms with Gasteiger partial charge in [-0.25, -0.2) is 4.68 Å². The number of hydrogen-bond donors (Lipinski definition) is 0. The summed E-state index contributed by atoms with van der Waals surface area (Å²) in [4.78, 5) is 14.4. The first-order valence-electron chi connectivity index (χ1n) is 8.88. The summed E-state index contributed by atoms with van der Waals surface area (Å²) in [5.74, 6) is 1.57. The number of aromatic nitrogens is 6. The molecule has 0 bridgehead atoms. The van der Waals surface area contributed by atoms with Crippen LogP contribution in [0.15, 0.2) is 53.3 Å². The summed E-state index contributed by atoms with van der Waals surface area (Å²) in [6.07, 6.45) is 0. The Bertz CT molecular complexity index is 1230. The second kappa shape index (κ2) is 6.42. The normalized spacial score (nSPS) is 14.4. The molecular weight excluding hydrogens is 378 g/mol. The summed E-state index contributed by atoms with van der Waals surface area (Å²) in [6, 6.07) is 14.5. The Kier molecular flexibility index (Phi) is 3.87. The van der Waals surface area contributed by atoms with Crippen LogP contribution in [-0.2, 0) is 0 Å². The second-order valence-corrected chi connectivity index (χ2v) is 7.21. The molecule has 1 aromatic carbocycles. The van der Waals surface area contributed by atoms with Gasteiger partial charge in [0.1, 0.15) is 5.82 Å². The SMILES string of the molecule is Cc1nnc2ccc(N3CC(n4nc(-c5ccc(Cl)cc5)ccc4=O)C3)nn12. The molecular formula is C19H16ClN7O. The molecule has 0 spiro atoms. The maximum Gasteiger partial charge on any atom is 0.267 e. The van der Waals surface area contributed by atoms with Gasteiger partial charge < -0.3 is 4.90 Å². The van der Waals surface area contributed by atoms with Gasteiger partial charge in [-0.15, -0.1) is 15.3 Å². The third-order valence-electron chi connectivity index (χ3n) is 4.90. The van der Waals surface area contributed by atoms with E-state index in [0.717, 1.165) is 22.9 Å². The van der Waals surface area contributed by atoms with Gasteiger partial charge in [0, 0.05) is 29.7 Å². The van der Waals surface area contributed by atoms with Crippen molar-refractivity contribution in [3.05, 3.63) is 69.7 Å². The number of nitrogens with zero attached hydrogens (tertiary/aromatic N) is 7. The van der Waals surface area contributed by atoms with E-state index in [1.807, 2.05) is 43.3 Å². The van der Waals surface area contributed by atoms with Gasteiger partial charge >= 0.3 is 0 Å². The number of halogens is 1. The Hall–Kier alpha value is -3.26. The standard InChI is InChI=1S/C19H16ClN7O/c1-12-21-22-17-7-8-18(24-26(12)17)25-10-15(11-25)27-19(28)9-6-16(23-27)13-2-4-14(20)5-3-13/h2-9,15H,10-11H2,1H3. The smallest absolute Gasteiger partial charge is 0.267 e. The van der Waals surface area contributed by atoms with Crippen molar-refractivity contribution in [1.82, 2.24) is 29.6 Å². The van der Waals surface area contributed by atoms with Crippen molar-refractivity contribution in [2.24, 2.45) is 0 Å². The maximum absolute atomic E-state index is 12.3. The zero-order valence-electron chi connectivity index (χ0n) is 15.0. The van der Waals surface area contributed by atoms with Crippen molar-refractivity contribution in [2.75, 3.05) is 18.0 Å². The van der Waals surface area contributed by atoms with Crippen LogP contribution in [0.2, 0.25) is 5.02 Å². The van der Waals surface area contributed by atoms with Crippen molar-refractivity contribution in [3.63, 3.8) is 0 Å². The Morgan fingerprint density at radius 3 is 2.54 bits per heavy atom. The molecule has 0 saturated carbocycles. The highest BCUT2D eigenvalue weighted by Crippen LogP contribution is 2.26. The molecule has 1 saturated heterocycles. The van der Waals surface area contributed by atoms with Crippen LogP contribution in [0.5, 0.6) is 0 Å². The van der Waals surface area contributed by atoms with Crippen molar-refractivity contribution < 1.29 is 0 Å². The van der Waals surface area contributed by atoms with E-state index in [0.29, 0.717) is 23.8 Å². The van der Waals surface area contributed by atoms with Crippen molar-refractivity contribution in [1.29, 1.82) is 0 Å². The Morgan fingerprint density at radius 1 is 0.964 bits per heavy atom. The molecule has 1 aliphatic heterocycles. The molecule has 5 rings (SSSR count). The lowest BCUT2D eigenvalue weighted by molar-refractivity contribution is 0.352. The average Bonchev–Trinajstić information content (AvgIpc) is 3.03. The van der Waals surface area contributed by atoms with E-state index in [2.05, 4.69) is 25.3 Å². The predicted molar refractivity (Wildman–Crippen MR) is 106 cm³/mol. The summed E-state index contributed by atoms with van der Waals surface area (Å²) in [7, 11) is 0. The summed E-state index contributed by atoms with van der Waals surface area (Å²) >= 11 is 5.95. The first-order valence-corrected chi connectivity index (χ1v) is 9.26. The quantitative estimate of drug-likeness (QED) is 0.531. The van der Waals surface area contributed by atoms with Crippen molar-refractivity contribution in [2.45, 2.75) is 13.0 Å².